The number of hydrogen-bond donors (Lipinski definition) is 1. The van der Waals surface area contributed by atoms with Gasteiger partial charge < -0.3 is 10.2 Å². The van der Waals surface area contributed by atoms with Crippen molar-refractivity contribution in [3.63, 3.8) is 0 Å². The van der Waals surface area contributed by atoms with E-state index in [0.717, 1.165) is 12.1 Å². The second-order valence-corrected chi connectivity index (χ2v) is 7.61. The predicted molar refractivity (Wildman–Crippen MR) is 103 cm³/mol. The Balaban J connectivity index is 1.87. The molecular weight excluding hydrogens is 308 g/mol. The van der Waals surface area contributed by atoms with E-state index < -0.39 is 5.66 Å². The van der Waals surface area contributed by atoms with Gasteiger partial charge in [0.15, 0.2) is 0 Å². The Morgan fingerprint density at radius 3 is 2.64 bits per heavy atom. The van der Waals surface area contributed by atoms with Crippen molar-refractivity contribution in [1.82, 2.24) is 5.32 Å². The summed E-state index contributed by atoms with van der Waals surface area (Å²) >= 11 is 0. The van der Waals surface area contributed by atoms with Crippen LogP contribution in [0.15, 0.2) is 54.6 Å². The molecule has 25 heavy (non-hydrogen) atoms. The van der Waals surface area contributed by atoms with Gasteiger partial charge in [-0.05, 0) is 30.2 Å². The van der Waals surface area contributed by atoms with Crippen LogP contribution in [0, 0.1) is 6.92 Å². The molecule has 1 N–H and O–H groups in total. The Morgan fingerprint density at radius 2 is 1.88 bits per heavy atom. The van der Waals surface area contributed by atoms with Crippen LogP contribution in [-0.4, -0.2) is 18.1 Å². The minimum Gasteiger partial charge on any atom is -0.344 e. The molecule has 0 unspecified atom stereocenters. The van der Waals surface area contributed by atoms with E-state index in [0.29, 0.717) is 6.42 Å². The molecule has 1 saturated heterocycles. The van der Waals surface area contributed by atoms with Crippen molar-refractivity contribution in [2.75, 3.05) is 11.4 Å². The highest BCUT2D eigenvalue weighted by atomic mass is 16.2. The summed E-state index contributed by atoms with van der Waals surface area (Å²) in [4.78, 5) is 14.7. The third-order valence-corrected chi connectivity index (χ3v) is 5.70. The maximum absolute atomic E-state index is 12.4. The maximum atomic E-state index is 12.4. The molecule has 0 spiro atoms. The molecule has 1 atom stereocenters. The van der Waals surface area contributed by atoms with Crippen molar-refractivity contribution in [3.05, 3.63) is 71.3 Å². The summed E-state index contributed by atoms with van der Waals surface area (Å²) in [5.74, 6) is 0.117. The van der Waals surface area contributed by atoms with E-state index >= 15 is 0 Å². The molecule has 2 aromatic rings. The number of carbonyl (C=O) groups is 1. The van der Waals surface area contributed by atoms with Crippen LogP contribution in [0.1, 0.15) is 37.0 Å². The lowest BCUT2D eigenvalue weighted by Gasteiger charge is -2.49. The summed E-state index contributed by atoms with van der Waals surface area (Å²) in [6.07, 6.45) is 4.83. The number of fused-ring (bicyclic) bond motifs is 3. The quantitative estimate of drug-likeness (QED) is 0.901. The Kier molecular flexibility index (Phi) is 3.50. The number of nitrogens with one attached hydrogen (secondary N) is 1. The highest BCUT2D eigenvalue weighted by Gasteiger charge is 2.57. The zero-order valence-electron chi connectivity index (χ0n) is 15.0. The van der Waals surface area contributed by atoms with Gasteiger partial charge >= 0.3 is 0 Å². The number of rotatable bonds is 2. The first-order valence-corrected chi connectivity index (χ1v) is 8.88. The molecular formula is C22H24N2O. The Bertz CT molecular complexity index is 854. The number of hydrogen-bond acceptors (Lipinski definition) is 2. The SMILES string of the molecule is Cc1ccc2c(c1)C(C)(C)[C@]1(/C=C/c3ccccc3)NC(=O)CCN21. The molecule has 1 fully saturated rings. The molecule has 3 nitrogen and oxygen atoms in total. The lowest BCUT2D eigenvalue weighted by atomic mass is 9.74. The largest absolute Gasteiger partial charge is 0.344 e. The number of benzene rings is 2. The molecule has 1 amide bonds. The first kappa shape index (κ1) is 15.9. The van der Waals surface area contributed by atoms with Crippen LogP contribution < -0.4 is 10.2 Å². The Labute approximate surface area is 149 Å². The maximum Gasteiger partial charge on any atom is 0.223 e. The van der Waals surface area contributed by atoms with Crippen LogP contribution in [0.3, 0.4) is 0 Å². The summed E-state index contributed by atoms with van der Waals surface area (Å²) in [7, 11) is 0. The van der Waals surface area contributed by atoms with E-state index in [4.69, 9.17) is 0 Å². The zero-order chi connectivity index (χ0) is 17.7. The summed E-state index contributed by atoms with van der Waals surface area (Å²) in [5, 5.41) is 3.32. The summed E-state index contributed by atoms with van der Waals surface area (Å²) in [6.45, 7) is 7.32. The zero-order valence-corrected chi connectivity index (χ0v) is 15.0. The van der Waals surface area contributed by atoms with Crippen LogP contribution in [0.2, 0.25) is 0 Å². The summed E-state index contributed by atoms with van der Waals surface area (Å²) in [6, 6.07) is 16.9. The fourth-order valence-corrected chi connectivity index (χ4v) is 4.25. The first-order valence-electron chi connectivity index (χ1n) is 8.88. The van der Waals surface area contributed by atoms with Crippen molar-refractivity contribution in [1.29, 1.82) is 0 Å². The van der Waals surface area contributed by atoms with Gasteiger partial charge in [-0.25, -0.2) is 0 Å². The summed E-state index contributed by atoms with van der Waals surface area (Å²) in [5.41, 5.74) is 4.16. The minimum absolute atomic E-state index is 0.117. The minimum atomic E-state index is -0.533. The molecule has 0 bridgehead atoms. The molecule has 2 aromatic carbocycles. The van der Waals surface area contributed by atoms with Gasteiger partial charge in [-0.1, -0.05) is 68.0 Å². The van der Waals surface area contributed by atoms with E-state index in [1.165, 1.54) is 16.8 Å². The third-order valence-electron chi connectivity index (χ3n) is 5.70. The molecule has 128 valence electrons. The Hall–Kier alpha value is -2.55. The molecule has 0 aliphatic carbocycles. The molecule has 4 rings (SSSR count). The average molecular weight is 332 g/mol. The fourth-order valence-electron chi connectivity index (χ4n) is 4.25. The molecule has 2 aliphatic heterocycles. The number of aryl methyl sites for hydroxylation is 1. The number of anilines is 1. The molecule has 2 aliphatic rings. The second kappa shape index (κ2) is 5.48. The van der Waals surface area contributed by atoms with E-state index in [2.05, 4.69) is 73.5 Å². The van der Waals surface area contributed by atoms with Crippen LogP contribution in [-0.2, 0) is 10.2 Å². The highest BCUT2D eigenvalue weighted by molar-refractivity contribution is 5.84. The standard InChI is InChI=1S/C22H24N2O/c1-16-9-10-19-18(15-16)21(2,3)22(23-20(25)12-14-24(19)22)13-11-17-7-5-4-6-8-17/h4-11,13,15H,12,14H2,1-3H3,(H,23,25)/b13-11+/t22-/m1/s1. The Morgan fingerprint density at radius 1 is 1.12 bits per heavy atom. The molecule has 0 aromatic heterocycles. The van der Waals surface area contributed by atoms with Gasteiger partial charge in [0, 0.05) is 24.1 Å². The first-order chi connectivity index (χ1) is 11.9. The lowest BCUT2D eigenvalue weighted by Crippen LogP contribution is -2.68. The van der Waals surface area contributed by atoms with Gasteiger partial charge in [0.25, 0.3) is 0 Å². The van der Waals surface area contributed by atoms with Crippen LogP contribution in [0.4, 0.5) is 5.69 Å². The number of amides is 1. The lowest BCUT2D eigenvalue weighted by molar-refractivity contribution is -0.124. The van der Waals surface area contributed by atoms with Crippen LogP contribution in [0.5, 0.6) is 0 Å². The monoisotopic (exact) mass is 332 g/mol. The second-order valence-electron chi connectivity index (χ2n) is 7.61. The van der Waals surface area contributed by atoms with Gasteiger partial charge in [0.05, 0.1) is 0 Å². The third kappa shape index (κ3) is 2.30. The molecule has 0 radical (unpaired) electrons. The predicted octanol–water partition coefficient (Wildman–Crippen LogP) is 4.02. The van der Waals surface area contributed by atoms with E-state index in [1.54, 1.807) is 0 Å². The fraction of sp³-hybridized carbons (Fsp3) is 0.318. The number of nitrogens with zero attached hydrogens (tertiary/aromatic N) is 1. The van der Waals surface area contributed by atoms with Gasteiger partial charge in [-0.3, -0.25) is 4.79 Å². The summed E-state index contributed by atoms with van der Waals surface area (Å²) < 4.78 is 0. The normalized spacial score (nSPS) is 24.1. The van der Waals surface area contributed by atoms with Gasteiger partial charge in [0.2, 0.25) is 5.91 Å². The highest BCUT2D eigenvalue weighted by Crippen LogP contribution is 2.52. The number of carbonyl (C=O) groups excluding carboxylic acids is 1. The molecule has 3 heteroatoms. The van der Waals surface area contributed by atoms with Gasteiger partial charge in [0.1, 0.15) is 5.66 Å². The van der Waals surface area contributed by atoms with E-state index in [1.807, 2.05) is 18.2 Å². The van der Waals surface area contributed by atoms with Crippen molar-refractivity contribution in [3.8, 4) is 0 Å². The molecule has 2 heterocycles. The van der Waals surface area contributed by atoms with E-state index in [9.17, 15) is 4.79 Å². The van der Waals surface area contributed by atoms with E-state index in [-0.39, 0.29) is 11.3 Å². The van der Waals surface area contributed by atoms with Crippen molar-refractivity contribution in [2.24, 2.45) is 0 Å². The van der Waals surface area contributed by atoms with Crippen molar-refractivity contribution < 1.29 is 4.79 Å². The van der Waals surface area contributed by atoms with Crippen molar-refractivity contribution in [2.45, 2.75) is 38.3 Å². The van der Waals surface area contributed by atoms with Gasteiger partial charge in [-0.2, -0.15) is 0 Å². The van der Waals surface area contributed by atoms with Crippen LogP contribution >= 0.6 is 0 Å². The van der Waals surface area contributed by atoms with Crippen molar-refractivity contribution >= 4 is 17.7 Å². The topological polar surface area (TPSA) is 32.3 Å². The van der Waals surface area contributed by atoms with Gasteiger partial charge in [-0.15, -0.1) is 0 Å². The smallest absolute Gasteiger partial charge is 0.223 e. The molecule has 0 saturated carbocycles. The van der Waals surface area contributed by atoms with Crippen LogP contribution in [0.25, 0.3) is 6.08 Å². The average Bonchev–Trinajstić information content (AvgIpc) is 2.78.